The highest BCUT2D eigenvalue weighted by atomic mass is 16.5. The minimum Gasteiger partial charge on any atom is -0.461 e. The van der Waals surface area contributed by atoms with Crippen molar-refractivity contribution in [1.82, 2.24) is 0 Å². The van der Waals surface area contributed by atoms with Crippen LogP contribution in [0.1, 0.15) is 82.6 Å². The first-order chi connectivity index (χ1) is 37.3. The molecule has 0 amide bonds. The summed E-state index contributed by atoms with van der Waals surface area (Å²) >= 11 is 0. The number of fused-ring (bicyclic) bond motifs is 15. The average molecular weight is 1000 g/mol. The molecule has 77 heavy (non-hydrogen) atoms. The van der Waals surface area contributed by atoms with Gasteiger partial charge in [0.1, 0.15) is 34.2 Å². The maximum atomic E-state index is 6.98. The zero-order valence-corrected chi connectivity index (χ0v) is 44.2. The maximum absolute atomic E-state index is 6.98. The normalized spacial score (nSPS) is 16.0. The van der Waals surface area contributed by atoms with Crippen LogP contribution in [0.2, 0.25) is 0 Å². The van der Waals surface area contributed by atoms with Gasteiger partial charge in [-0.25, -0.2) is 0 Å². The van der Waals surface area contributed by atoms with Crippen molar-refractivity contribution in [2.75, 3.05) is 9.80 Å². The van der Waals surface area contributed by atoms with E-state index in [1.54, 1.807) is 0 Å². The molecule has 0 saturated heterocycles. The summed E-state index contributed by atoms with van der Waals surface area (Å²) in [7, 11) is 0. The second-order valence-electron chi connectivity index (χ2n) is 23.3. The quantitative estimate of drug-likeness (QED) is 0.165. The van der Waals surface area contributed by atoms with Crippen LogP contribution in [0.3, 0.4) is 0 Å². The highest BCUT2D eigenvalue weighted by Crippen LogP contribution is 2.60. The molecule has 3 aliphatic rings. The van der Waals surface area contributed by atoms with Gasteiger partial charge in [0.15, 0.2) is 11.2 Å². The Morgan fingerprint density at radius 3 is 1.30 bits per heavy atom. The monoisotopic (exact) mass is 1000 g/mol. The predicted octanol–water partition coefficient (Wildman–Crippen LogP) is 20.2. The van der Waals surface area contributed by atoms with Crippen LogP contribution in [-0.2, 0) is 10.8 Å². The van der Waals surface area contributed by atoms with E-state index in [0.717, 1.165) is 128 Å². The molecule has 10 aromatic carbocycles. The molecule has 4 heterocycles. The number of hydrogen-bond acceptors (Lipinski definition) is 6. The molecule has 2 atom stereocenters. The van der Waals surface area contributed by atoms with Gasteiger partial charge in [-0.2, -0.15) is 0 Å². The zero-order chi connectivity index (χ0) is 52.1. The molecule has 2 aromatic heterocycles. The number of hydrogen-bond donors (Lipinski definition) is 0. The Hall–Kier alpha value is -9.00. The van der Waals surface area contributed by atoms with Gasteiger partial charge < -0.3 is 28.1 Å². The summed E-state index contributed by atoms with van der Waals surface area (Å²) in [5, 5.41) is 8.95. The van der Waals surface area contributed by atoms with Crippen LogP contribution in [0.5, 0.6) is 11.5 Å². The van der Waals surface area contributed by atoms with Gasteiger partial charge in [-0.15, -0.1) is 0 Å². The van der Waals surface area contributed by atoms with Gasteiger partial charge in [0, 0.05) is 66.5 Å². The molecule has 1 aliphatic carbocycles. The van der Waals surface area contributed by atoms with Crippen LogP contribution in [0.25, 0.3) is 65.4 Å². The fourth-order valence-electron chi connectivity index (χ4n) is 12.7. The molecule has 0 saturated carbocycles. The third-order valence-electron chi connectivity index (χ3n) is 16.3. The first-order valence-electron chi connectivity index (χ1n) is 26.9. The van der Waals surface area contributed by atoms with E-state index in [1.165, 1.54) is 22.3 Å². The van der Waals surface area contributed by atoms with E-state index in [1.807, 2.05) is 0 Å². The summed E-state index contributed by atoms with van der Waals surface area (Å²) in [5.74, 6) is 3.65. The lowest BCUT2D eigenvalue weighted by Crippen LogP contribution is -2.17. The Labute approximate surface area is 447 Å². The van der Waals surface area contributed by atoms with E-state index < -0.39 is 0 Å². The lowest BCUT2D eigenvalue weighted by molar-refractivity contribution is 0.372. The van der Waals surface area contributed by atoms with Crippen molar-refractivity contribution in [1.29, 1.82) is 0 Å². The average Bonchev–Trinajstić information content (AvgIpc) is 4.25. The number of benzene rings is 10. The topological polar surface area (TPSA) is 51.2 Å². The number of rotatable bonds is 6. The van der Waals surface area contributed by atoms with Crippen LogP contribution in [-0.4, -0.2) is 0 Å². The summed E-state index contributed by atoms with van der Waals surface area (Å²) in [6.07, 6.45) is 2.19. The third-order valence-corrected chi connectivity index (χ3v) is 16.3. The Balaban J connectivity index is 0.807. The molecular formula is C71H56N2O4. The zero-order valence-electron chi connectivity index (χ0n) is 44.2. The van der Waals surface area contributed by atoms with Gasteiger partial charge in [0.2, 0.25) is 0 Å². The maximum Gasteiger partial charge on any atom is 0.159 e. The molecule has 0 N–H and O–H groups in total. The van der Waals surface area contributed by atoms with Crippen LogP contribution in [0.4, 0.5) is 34.1 Å². The number of furan rings is 2. The smallest absolute Gasteiger partial charge is 0.159 e. The number of nitrogens with zero attached hydrogens (tertiary/aromatic N) is 2. The van der Waals surface area contributed by atoms with E-state index in [2.05, 4.69) is 258 Å². The SMILES string of the molecule is CC1=C2Oc3cc4cc(N(c5ccccc5)c5cccc6c5oc5c(C(C)(C)C)cccc56)ccc4cc3C2C2C(=C1)Oc1cc3cc(N(c4ccccc4)c4cccc5c4oc4c(C(C)(C)C)cccc45)ccc3cc12. The second kappa shape index (κ2) is 16.5. The minimum atomic E-state index is -0.0804. The van der Waals surface area contributed by atoms with Crippen LogP contribution >= 0.6 is 0 Å². The highest BCUT2D eigenvalue weighted by Gasteiger charge is 2.47. The lowest BCUT2D eigenvalue weighted by atomic mass is 9.76. The molecule has 374 valence electrons. The van der Waals surface area contributed by atoms with Crippen molar-refractivity contribution in [2.45, 2.75) is 71.1 Å². The van der Waals surface area contributed by atoms with Crippen molar-refractivity contribution in [3.8, 4) is 11.5 Å². The summed E-state index contributed by atoms with van der Waals surface area (Å²) in [6, 6.07) is 69.9. The van der Waals surface area contributed by atoms with Crippen molar-refractivity contribution < 1.29 is 18.3 Å². The largest absolute Gasteiger partial charge is 0.461 e. The standard InChI is InChI=1S/C71H56N2O4/c1-41-34-62-63(54-37-42-30-32-48(35-44(42)39-60(54)74-62)72(46-18-10-8-11-19-46)58-28-16-24-52-50-22-14-26-56(70(2,3)4)66(50)76-68(52)58)64-55-38-43-31-33-49(36-45(43)40-61(55)75-65(41)64)73(47-20-12-9-13-21-47)59-29-17-25-53-51-23-15-27-57(71(5,6)7)67(51)77-69(53)59/h8-40,63-64H,1-7H3. The van der Waals surface area contributed by atoms with E-state index in [9.17, 15) is 0 Å². The summed E-state index contributed by atoms with van der Waals surface area (Å²) in [6.45, 7) is 15.6. The van der Waals surface area contributed by atoms with Gasteiger partial charge in [0.25, 0.3) is 0 Å². The van der Waals surface area contributed by atoms with Gasteiger partial charge in [0.05, 0.1) is 23.2 Å². The molecule has 0 bridgehead atoms. The second-order valence-corrected chi connectivity index (χ2v) is 23.3. The van der Waals surface area contributed by atoms with E-state index in [0.29, 0.717) is 0 Å². The molecule has 12 aromatic rings. The third kappa shape index (κ3) is 7.01. The predicted molar refractivity (Wildman–Crippen MR) is 317 cm³/mol. The van der Waals surface area contributed by atoms with E-state index >= 15 is 0 Å². The highest BCUT2D eigenvalue weighted by molar-refractivity contribution is 6.13. The van der Waals surface area contributed by atoms with Gasteiger partial charge in [-0.3, -0.25) is 0 Å². The molecule has 6 heteroatoms. The number of ether oxygens (including phenoxy) is 2. The number of para-hydroxylation sites is 6. The first-order valence-corrected chi connectivity index (χ1v) is 26.9. The summed E-state index contributed by atoms with van der Waals surface area (Å²) < 4.78 is 27.8. The molecule has 15 rings (SSSR count). The fourth-order valence-corrected chi connectivity index (χ4v) is 12.7. The van der Waals surface area contributed by atoms with Crippen LogP contribution in [0, 0.1) is 0 Å². The Morgan fingerprint density at radius 2 is 0.818 bits per heavy atom. The minimum absolute atomic E-state index is 0.0341. The summed E-state index contributed by atoms with van der Waals surface area (Å²) in [5.41, 5.74) is 15.4. The fraction of sp³-hybridized carbons (Fsp3) is 0.155. The molecular weight excluding hydrogens is 945 g/mol. The van der Waals surface area contributed by atoms with E-state index in [4.69, 9.17) is 18.3 Å². The molecule has 0 spiro atoms. The van der Waals surface area contributed by atoms with Crippen molar-refractivity contribution in [3.05, 3.63) is 240 Å². The van der Waals surface area contributed by atoms with Crippen molar-refractivity contribution in [3.63, 3.8) is 0 Å². The molecule has 2 unspecified atom stereocenters. The number of anilines is 6. The lowest BCUT2D eigenvalue weighted by Gasteiger charge is -2.26. The number of allylic oxidation sites excluding steroid dienone is 4. The van der Waals surface area contributed by atoms with Crippen LogP contribution < -0.4 is 19.3 Å². The van der Waals surface area contributed by atoms with Crippen molar-refractivity contribution >= 4 is 99.5 Å². The van der Waals surface area contributed by atoms with Gasteiger partial charge in [-0.1, -0.05) is 151 Å². The Kier molecular flexibility index (Phi) is 9.73. The van der Waals surface area contributed by atoms with Crippen molar-refractivity contribution in [2.24, 2.45) is 0 Å². The first kappa shape index (κ1) is 45.4. The Bertz CT molecular complexity index is 4510. The Morgan fingerprint density at radius 1 is 0.377 bits per heavy atom. The van der Waals surface area contributed by atoms with E-state index in [-0.39, 0.29) is 22.7 Å². The van der Waals surface area contributed by atoms with Gasteiger partial charge >= 0.3 is 0 Å². The summed E-state index contributed by atoms with van der Waals surface area (Å²) in [4.78, 5) is 4.64. The van der Waals surface area contributed by atoms with Gasteiger partial charge in [-0.05, 0) is 136 Å². The van der Waals surface area contributed by atoms with Crippen LogP contribution in [0.15, 0.2) is 226 Å². The molecule has 2 aliphatic heterocycles. The molecule has 6 nitrogen and oxygen atoms in total. The molecule has 0 fully saturated rings. The molecule has 0 radical (unpaired) electrons.